The summed E-state index contributed by atoms with van der Waals surface area (Å²) in [6, 6.07) is 67.6. The Morgan fingerprint density at radius 2 is 0.836 bits per heavy atom. The summed E-state index contributed by atoms with van der Waals surface area (Å²) in [7, 11) is 0. The van der Waals surface area contributed by atoms with Gasteiger partial charge < -0.3 is 13.7 Å². The Morgan fingerprint density at radius 3 is 1.64 bits per heavy atom. The number of furan rings is 2. The Balaban J connectivity index is 1.13. The number of fused-ring (bicyclic) bond motifs is 12. The highest BCUT2D eigenvalue weighted by molar-refractivity contribution is 6.18. The first-order valence-electron chi connectivity index (χ1n) is 18.7. The van der Waals surface area contributed by atoms with Crippen LogP contribution in [0.1, 0.15) is 0 Å². The van der Waals surface area contributed by atoms with Crippen LogP contribution in [0.5, 0.6) is 0 Å². The fourth-order valence-electron chi connectivity index (χ4n) is 8.77. The molecule has 0 aliphatic carbocycles. The smallest absolute Gasteiger partial charge is 0.137 e. The van der Waals surface area contributed by atoms with Crippen LogP contribution in [0.4, 0.5) is 17.1 Å². The van der Waals surface area contributed by atoms with E-state index >= 15 is 0 Å². The van der Waals surface area contributed by atoms with E-state index in [1.54, 1.807) is 0 Å². The number of rotatable bonds is 4. The summed E-state index contributed by atoms with van der Waals surface area (Å²) >= 11 is 0. The third kappa shape index (κ3) is 4.63. The molecule has 0 unspecified atom stereocenters. The first-order valence-corrected chi connectivity index (χ1v) is 18.7. The number of benzene rings is 10. The largest absolute Gasteiger partial charge is 0.456 e. The Hall–Kier alpha value is -7.36. The van der Waals surface area contributed by atoms with Crippen molar-refractivity contribution in [2.45, 2.75) is 0 Å². The van der Waals surface area contributed by atoms with Crippen molar-refractivity contribution in [3.05, 3.63) is 188 Å². The van der Waals surface area contributed by atoms with Crippen LogP contribution in [0, 0.1) is 0 Å². The van der Waals surface area contributed by atoms with Crippen LogP contribution in [0.2, 0.25) is 0 Å². The summed E-state index contributed by atoms with van der Waals surface area (Å²) in [5, 5.41) is 14.1. The van der Waals surface area contributed by atoms with E-state index in [0.29, 0.717) is 0 Å². The molecular formula is C52H31NO2. The molecule has 3 heteroatoms. The Morgan fingerprint density at radius 1 is 0.273 bits per heavy atom. The van der Waals surface area contributed by atoms with E-state index in [-0.39, 0.29) is 0 Å². The topological polar surface area (TPSA) is 29.5 Å². The van der Waals surface area contributed by atoms with Gasteiger partial charge in [0.05, 0.1) is 5.69 Å². The molecule has 12 aromatic rings. The standard InChI is InChI=1S/C52H31NO2/c1-2-10-32(11-3-1)33-20-23-41-39-13-5-4-12-34(39)28-48(46(41)27-33)53(38-22-25-44-42-14-6-8-16-49(42)55-52(44)30-38)37-21-24-40-35(26-37)18-19-36-29-51-47(31-45(36)40)43-15-7-9-17-50(43)54-51/h1-31H. The second-order valence-electron chi connectivity index (χ2n) is 14.5. The molecule has 0 aliphatic rings. The lowest BCUT2D eigenvalue weighted by Crippen LogP contribution is -2.10. The molecule has 0 atom stereocenters. The summed E-state index contributed by atoms with van der Waals surface area (Å²) in [6.07, 6.45) is 0. The normalized spacial score (nSPS) is 12.0. The van der Waals surface area contributed by atoms with E-state index in [0.717, 1.165) is 66.3 Å². The van der Waals surface area contributed by atoms with Gasteiger partial charge in [0.15, 0.2) is 0 Å². The lowest BCUT2D eigenvalue weighted by atomic mass is 9.95. The molecular weight excluding hydrogens is 671 g/mol. The second kappa shape index (κ2) is 11.6. The Kier molecular flexibility index (Phi) is 6.34. The van der Waals surface area contributed by atoms with E-state index in [9.17, 15) is 0 Å². The van der Waals surface area contributed by atoms with Gasteiger partial charge in [-0.1, -0.05) is 121 Å². The average Bonchev–Trinajstić information content (AvgIpc) is 3.80. The first-order chi connectivity index (χ1) is 27.2. The summed E-state index contributed by atoms with van der Waals surface area (Å²) in [5.41, 5.74) is 9.15. The highest BCUT2D eigenvalue weighted by atomic mass is 16.3. The zero-order valence-electron chi connectivity index (χ0n) is 29.7. The molecule has 2 heterocycles. The predicted molar refractivity (Wildman–Crippen MR) is 231 cm³/mol. The van der Waals surface area contributed by atoms with Crippen molar-refractivity contribution in [2.75, 3.05) is 4.90 Å². The van der Waals surface area contributed by atoms with Crippen molar-refractivity contribution in [3.63, 3.8) is 0 Å². The molecule has 2 aromatic heterocycles. The maximum atomic E-state index is 6.49. The molecule has 0 aliphatic heterocycles. The van der Waals surface area contributed by atoms with Crippen molar-refractivity contribution in [3.8, 4) is 11.1 Å². The zero-order valence-corrected chi connectivity index (χ0v) is 29.7. The lowest BCUT2D eigenvalue weighted by Gasteiger charge is -2.28. The van der Waals surface area contributed by atoms with Crippen LogP contribution in [-0.4, -0.2) is 0 Å². The molecule has 0 amide bonds. The highest BCUT2D eigenvalue weighted by Gasteiger charge is 2.21. The van der Waals surface area contributed by atoms with Gasteiger partial charge in [-0.2, -0.15) is 0 Å². The van der Waals surface area contributed by atoms with Crippen LogP contribution in [-0.2, 0) is 0 Å². The molecule has 256 valence electrons. The van der Waals surface area contributed by atoms with Gasteiger partial charge in [0, 0.05) is 44.4 Å². The van der Waals surface area contributed by atoms with Crippen molar-refractivity contribution in [2.24, 2.45) is 0 Å². The van der Waals surface area contributed by atoms with Crippen LogP contribution >= 0.6 is 0 Å². The number of para-hydroxylation sites is 2. The predicted octanol–water partition coefficient (Wildman–Crippen LogP) is 15.2. The summed E-state index contributed by atoms with van der Waals surface area (Å²) < 4.78 is 12.8. The Labute approximate surface area is 315 Å². The van der Waals surface area contributed by atoms with Crippen molar-refractivity contribution >= 4 is 104 Å². The average molecular weight is 702 g/mol. The van der Waals surface area contributed by atoms with Crippen LogP contribution in [0.3, 0.4) is 0 Å². The quantitative estimate of drug-likeness (QED) is 0.171. The first kappa shape index (κ1) is 30.1. The fraction of sp³-hybridized carbons (Fsp3) is 0. The second-order valence-corrected chi connectivity index (χ2v) is 14.5. The zero-order chi connectivity index (χ0) is 36.0. The van der Waals surface area contributed by atoms with Gasteiger partial charge in [-0.25, -0.2) is 0 Å². The van der Waals surface area contributed by atoms with Gasteiger partial charge in [-0.05, 0) is 109 Å². The van der Waals surface area contributed by atoms with E-state index in [1.165, 1.54) is 48.8 Å². The molecule has 55 heavy (non-hydrogen) atoms. The van der Waals surface area contributed by atoms with E-state index in [2.05, 4.69) is 169 Å². The number of hydrogen-bond acceptors (Lipinski definition) is 3. The molecule has 0 spiro atoms. The van der Waals surface area contributed by atoms with Crippen molar-refractivity contribution in [1.82, 2.24) is 0 Å². The minimum Gasteiger partial charge on any atom is -0.456 e. The molecule has 0 bridgehead atoms. The number of nitrogens with zero attached hydrogens (tertiary/aromatic N) is 1. The molecule has 3 nitrogen and oxygen atoms in total. The van der Waals surface area contributed by atoms with Crippen molar-refractivity contribution in [1.29, 1.82) is 0 Å². The molecule has 0 saturated carbocycles. The molecule has 0 saturated heterocycles. The monoisotopic (exact) mass is 701 g/mol. The fourth-order valence-corrected chi connectivity index (χ4v) is 8.77. The van der Waals surface area contributed by atoms with Gasteiger partial charge >= 0.3 is 0 Å². The van der Waals surface area contributed by atoms with Gasteiger partial charge in [-0.3, -0.25) is 0 Å². The third-order valence-corrected chi connectivity index (χ3v) is 11.4. The van der Waals surface area contributed by atoms with Crippen molar-refractivity contribution < 1.29 is 8.83 Å². The third-order valence-electron chi connectivity index (χ3n) is 11.4. The maximum absolute atomic E-state index is 6.49. The minimum atomic E-state index is 0.863. The lowest BCUT2D eigenvalue weighted by molar-refractivity contribution is 0.669. The van der Waals surface area contributed by atoms with E-state index in [4.69, 9.17) is 8.83 Å². The van der Waals surface area contributed by atoms with E-state index in [1.807, 2.05) is 24.3 Å². The van der Waals surface area contributed by atoms with Gasteiger partial charge in [-0.15, -0.1) is 0 Å². The maximum Gasteiger partial charge on any atom is 0.137 e. The summed E-state index contributed by atoms with van der Waals surface area (Å²) in [4.78, 5) is 2.41. The Bertz CT molecular complexity index is 3500. The number of anilines is 3. The molecule has 0 fully saturated rings. The van der Waals surface area contributed by atoms with Gasteiger partial charge in [0.1, 0.15) is 22.3 Å². The molecule has 10 aromatic carbocycles. The van der Waals surface area contributed by atoms with Crippen LogP contribution < -0.4 is 4.90 Å². The minimum absolute atomic E-state index is 0.863. The summed E-state index contributed by atoms with van der Waals surface area (Å²) in [5.74, 6) is 0. The SMILES string of the molecule is c1ccc(-c2ccc3c(c2)c(N(c2ccc4c(ccc5cc6oc7ccccc7c6cc54)c2)c2ccc4c(c2)oc2ccccc24)cc2ccccc23)cc1. The molecule has 0 radical (unpaired) electrons. The highest BCUT2D eigenvalue weighted by Crippen LogP contribution is 2.46. The van der Waals surface area contributed by atoms with Crippen LogP contribution in [0.15, 0.2) is 197 Å². The summed E-state index contributed by atoms with van der Waals surface area (Å²) in [6.45, 7) is 0. The molecule has 0 N–H and O–H groups in total. The van der Waals surface area contributed by atoms with E-state index < -0.39 is 0 Å². The van der Waals surface area contributed by atoms with Gasteiger partial charge in [0.25, 0.3) is 0 Å². The molecule has 12 rings (SSSR count). The number of hydrogen-bond donors (Lipinski definition) is 0. The van der Waals surface area contributed by atoms with Gasteiger partial charge in [0.2, 0.25) is 0 Å². The van der Waals surface area contributed by atoms with Crippen LogP contribution in [0.25, 0.3) is 98.1 Å².